The summed E-state index contributed by atoms with van der Waals surface area (Å²) in [5.41, 5.74) is 1.34. The monoisotopic (exact) mass is 485 g/mol. The third-order valence-corrected chi connectivity index (χ3v) is 5.10. The van der Waals surface area contributed by atoms with Crippen molar-refractivity contribution in [3.8, 4) is 0 Å². The normalized spacial score (nSPS) is 11.1. The van der Waals surface area contributed by atoms with Gasteiger partial charge in [-0.05, 0) is 72.2 Å². The Bertz CT molecular complexity index is 1210. The molecule has 5 nitrogen and oxygen atoms in total. The molecule has 0 heterocycles. The molecule has 3 aromatic carbocycles. The van der Waals surface area contributed by atoms with Gasteiger partial charge in [0.15, 0.2) is 5.11 Å². The molecule has 0 aromatic heterocycles. The number of halogens is 3. The fraction of sp³-hybridized carbons (Fsp3) is 0.160. The molecule has 0 bridgehead atoms. The first kappa shape index (κ1) is 24.9. The van der Waals surface area contributed by atoms with Crippen molar-refractivity contribution >= 4 is 40.5 Å². The molecular weight excluding hydrogens is 463 g/mol. The van der Waals surface area contributed by atoms with Crippen molar-refractivity contribution in [2.75, 3.05) is 10.6 Å². The van der Waals surface area contributed by atoms with E-state index in [0.717, 1.165) is 17.7 Å². The van der Waals surface area contributed by atoms with Gasteiger partial charge in [-0.3, -0.25) is 14.9 Å². The van der Waals surface area contributed by atoms with Gasteiger partial charge >= 0.3 is 6.18 Å². The van der Waals surface area contributed by atoms with Crippen LogP contribution in [0.1, 0.15) is 51.6 Å². The molecule has 0 atom stereocenters. The summed E-state index contributed by atoms with van der Waals surface area (Å²) in [6, 6.07) is 17.7. The van der Waals surface area contributed by atoms with Crippen LogP contribution < -0.4 is 16.0 Å². The number of nitrogens with one attached hydrogen (secondary N) is 3. The van der Waals surface area contributed by atoms with Gasteiger partial charge in [0.2, 0.25) is 0 Å². The maximum atomic E-state index is 12.9. The Morgan fingerprint density at radius 2 is 1.41 bits per heavy atom. The van der Waals surface area contributed by atoms with Crippen LogP contribution in [0, 0.1) is 0 Å². The summed E-state index contributed by atoms with van der Waals surface area (Å²) in [5, 5.41) is 7.89. The first-order chi connectivity index (χ1) is 16.0. The average molecular weight is 486 g/mol. The number of benzene rings is 3. The average Bonchev–Trinajstić information content (AvgIpc) is 2.78. The minimum atomic E-state index is -4.51. The van der Waals surface area contributed by atoms with E-state index in [-0.39, 0.29) is 22.3 Å². The van der Waals surface area contributed by atoms with Crippen LogP contribution in [-0.2, 0) is 6.18 Å². The Labute approximate surface area is 200 Å². The van der Waals surface area contributed by atoms with Crippen LogP contribution in [-0.4, -0.2) is 16.9 Å². The molecule has 0 aliphatic carbocycles. The zero-order valence-corrected chi connectivity index (χ0v) is 19.2. The predicted octanol–water partition coefficient (Wildman–Crippen LogP) is 6.21. The van der Waals surface area contributed by atoms with Crippen molar-refractivity contribution in [3.63, 3.8) is 0 Å². The Balaban J connectivity index is 1.63. The van der Waals surface area contributed by atoms with Crippen molar-refractivity contribution in [3.05, 3.63) is 95.1 Å². The molecule has 0 fully saturated rings. The Kier molecular flexibility index (Phi) is 7.68. The lowest BCUT2D eigenvalue weighted by atomic mass is 10.0. The van der Waals surface area contributed by atoms with Gasteiger partial charge in [0.25, 0.3) is 11.8 Å². The van der Waals surface area contributed by atoms with Crippen LogP contribution >= 0.6 is 12.2 Å². The highest BCUT2D eigenvalue weighted by Crippen LogP contribution is 2.30. The van der Waals surface area contributed by atoms with Gasteiger partial charge in [-0.1, -0.05) is 38.1 Å². The number of rotatable bonds is 5. The van der Waals surface area contributed by atoms with Crippen LogP contribution in [0.5, 0.6) is 0 Å². The fourth-order valence-electron chi connectivity index (χ4n) is 3.07. The third-order valence-electron chi connectivity index (χ3n) is 4.90. The van der Waals surface area contributed by atoms with Crippen molar-refractivity contribution < 1.29 is 22.8 Å². The molecule has 176 valence electrons. The lowest BCUT2D eigenvalue weighted by Crippen LogP contribution is -2.34. The van der Waals surface area contributed by atoms with Crippen molar-refractivity contribution in [1.82, 2.24) is 5.32 Å². The van der Waals surface area contributed by atoms with E-state index in [1.54, 1.807) is 24.3 Å². The number of carbonyl (C=O) groups is 2. The van der Waals surface area contributed by atoms with Gasteiger partial charge in [-0.2, -0.15) is 13.2 Å². The first-order valence-electron chi connectivity index (χ1n) is 10.3. The number of carbonyl (C=O) groups excluding carboxylic acids is 2. The van der Waals surface area contributed by atoms with E-state index in [0.29, 0.717) is 17.2 Å². The minimum absolute atomic E-state index is 0.0180. The van der Waals surface area contributed by atoms with Crippen molar-refractivity contribution in [2.24, 2.45) is 0 Å². The van der Waals surface area contributed by atoms with Crippen molar-refractivity contribution in [2.45, 2.75) is 25.9 Å². The molecule has 0 aliphatic heterocycles. The van der Waals surface area contributed by atoms with E-state index in [2.05, 4.69) is 29.8 Å². The molecule has 0 aliphatic rings. The van der Waals surface area contributed by atoms with Gasteiger partial charge in [0, 0.05) is 22.5 Å². The number of hydrogen-bond acceptors (Lipinski definition) is 3. The summed E-state index contributed by atoms with van der Waals surface area (Å²) in [7, 11) is 0. The highest BCUT2D eigenvalue weighted by Gasteiger charge is 2.30. The number of hydrogen-bond donors (Lipinski definition) is 3. The second-order valence-corrected chi connectivity index (χ2v) is 8.21. The van der Waals surface area contributed by atoms with Gasteiger partial charge in [0.1, 0.15) is 0 Å². The van der Waals surface area contributed by atoms with Gasteiger partial charge < -0.3 is 10.6 Å². The second kappa shape index (κ2) is 10.5. The molecular formula is C25H22F3N3O2S. The Morgan fingerprint density at radius 3 is 2.03 bits per heavy atom. The number of amides is 2. The second-order valence-electron chi connectivity index (χ2n) is 7.80. The minimum Gasteiger partial charge on any atom is -0.332 e. The quantitative estimate of drug-likeness (QED) is 0.376. The summed E-state index contributed by atoms with van der Waals surface area (Å²) in [6.07, 6.45) is -4.51. The topological polar surface area (TPSA) is 70.2 Å². The number of alkyl halides is 3. The summed E-state index contributed by atoms with van der Waals surface area (Å²) in [4.78, 5) is 24.9. The molecule has 2 amide bonds. The highest BCUT2D eigenvalue weighted by atomic mass is 32.1. The standard InChI is InChI=1S/C25H22F3N3O2S/c1-15(2)16-9-11-17(12-10-16)22(32)31-24(34)30-20-7-3-5-18(13-20)23(33)29-21-8-4-6-19(14-21)25(26,27)28/h3-15H,1-2H3,(H,29,33)(H2,30,31,32,34). The molecule has 34 heavy (non-hydrogen) atoms. The molecule has 0 spiro atoms. The van der Waals surface area contributed by atoms with Gasteiger partial charge in [-0.15, -0.1) is 0 Å². The van der Waals surface area contributed by atoms with E-state index in [1.165, 1.54) is 24.3 Å². The summed E-state index contributed by atoms with van der Waals surface area (Å²) < 4.78 is 38.7. The summed E-state index contributed by atoms with van der Waals surface area (Å²) >= 11 is 5.19. The van der Waals surface area contributed by atoms with Crippen LogP contribution in [0.2, 0.25) is 0 Å². The van der Waals surface area contributed by atoms with E-state index in [4.69, 9.17) is 12.2 Å². The van der Waals surface area contributed by atoms with Gasteiger partial charge in [0.05, 0.1) is 5.56 Å². The molecule has 3 N–H and O–H groups in total. The van der Waals surface area contributed by atoms with Crippen LogP contribution in [0.3, 0.4) is 0 Å². The van der Waals surface area contributed by atoms with Crippen molar-refractivity contribution in [1.29, 1.82) is 0 Å². The molecule has 3 aromatic rings. The molecule has 9 heteroatoms. The van der Waals surface area contributed by atoms with E-state index < -0.39 is 17.6 Å². The zero-order chi connectivity index (χ0) is 24.9. The largest absolute Gasteiger partial charge is 0.416 e. The summed E-state index contributed by atoms with van der Waals surface area (Å²) in [5.74, 6) is -0.632. The smallest absolute Gasteiger partial charge is 0.332 e. The lowest BCUT2D eigenvalue weighted by molar-refractivity contribution is -0.137. The fourth-order valence-corrected chi connectivity index (χ4v) is 3.28. The molecule has 0 saturated heterocycles. The van der Waals surface area contributed by atoms with Crippen LogP contribution in [0.15, 0.2) is 72.8 Å². The Morgan fingerprint density at radius 1 is 0.794 bits per heavy atom. The van der Waals surface area contributed by atoms with E-state index in [9.17, 15) is 22.8 Å². The third kappa shape index (κ3) is 6.64. The highest BCUT2D eigenvalue weighted by molar-refractivity contribution is 7.80. The lowest BCUT2D eigenvalue weighted by Gasteiger charge is -2.12. The molecule has 0 saturated carbocycles. The molecule has 3 rings (SSSR count). The van der Waals surface area contributed by atoms with E-state index >= 15 is 0 Å². The van der Waals surface area contributed by atoms with Crippen LogP contribution in [0.4, 0.5) is 24.5 Å². The maximum absolute atomic E-state index is 12.9. The van der Waals surface area contributed by atoms with E-state index in [1.807, 2.05) is 12.1 Å². The number of anilines is 2. The zero-order valence-electron chi connectivity index (χ0n) is 18.4. The van der Waals surface area contributed by atoms with Crippen LogP contribution in [0.25, 0.3) is 0 Å². The van der Waals surface area contributed by atoms with Gasteiger partial charge in [-0.25, -0.2) is 0 Å². The SMILES string of the molecule is CC(C)c1ccc(C(=O)NC(=S)Nc2cccc(C(=O)Nc3cccc(C(F)(F)F)c3)c2)cc1. The molecule has 0 radical (unpaired) electrons. The Hall–Kier alpha value is -3.72. The predicted molar refractivity (Wildman–Crippen MR) is 130 cm³/mol. The number of thiocarbonyl (C=S) groups is 1. The maximum Gasteiger partial charge on any atom is 0.416 e. The molecule has 0 unspecified atom stereocenters. The first-order valence-corrected chi connectivity index (χ1v) is 10.7. The summed E-state index contributed by atoms with van der Waals surface area (Å²) in [6.45, 7) is 4.12.